The van der Waals surface area contributed by atoms with Crippen molar-refractivity contribution in [2.24, 2.45) is 0 Å². The van der Waals surface area contributed by atoms with Gasteiger partial charge >= 0.3 is 12.2 Å². The number of hydrogen-bond acceptors (Lipinski definition) is 3. The third-order valence-electron chi connectivity index (χ3n) is 2.67. The Balaban J connectivity index is 2.94. The SMILES string of the molecule is COc1ccc([C@@H](NC(=O)NC[C@@H](C)O)C(F)(F)F)cc1F. The van der Waals surface area contributed by atoms with E-state index in [1.54, 1.807) is 5.32 Å². The van der Waals surface area contributed by atoms with Crippen LogP contribution in [0.5, 0.6) is 5.75 Å². The average molecular weight is 324 g/mol. The van der Waals surface area contributed by atoms with E-state index >= 15 is 0 Å². The van der Waals surface area contributed by atoms with Gasteiger partial charge in [-0.15, -0.1) is 0 Å². The van der Waals surface area contributed by atoms with E-state index in [1.807, 2.05) is 0 Å². The summed E-state index contributed by atoms with van der Waals surface area (Å²) in [6.45, 7) is 1.15. The van der Waals surface area contributed by atoms with Gasteiger partial charge in [0.25, 0.3) is 0 Å². The number of urea groups is 1. The number of amides is 2. The highest BCUT2D eigenvalue weighted by molar-refractivity contribution is 5.74. The Kier molecular flexibility index (Phi) is 5.98. The van der Waals surface area contributed by atoms with Crippen LogP contribution in [0.1, 0.15) is 18.5 Å². The molecule has 22 heavy (non-hydrogen) atoms. The van der Waals surface area contributed by atoms with E-state index in [0.29, 0.717) is 6.07 Å². The first kappa shape index (κ1) is 18.0. The molecule has 0 heterocycles. The van der Waals surface area contributed by atoms with E-state index in [0.717, 1.165) is 12.1 Å². The maximum absolute atomic E-state index is 13.5. The van der Waals surface area contributed by atoms with E-state index in [1.165, 1.54) is 14.0 Å². The monoisotopic (exact) mass is 324 g/mol. The quantitative estimate of drug-likeness (QED) is 0.727. The maximum Gasteiger partial charge on any atom is 0.412 e. The second-order valence-electron chi connectivity index (χ2n) is 4.57. The van der Waals surface area contributed by atoms with Crippen molar-refractivity contribution in [2.75, 3.05) is 13.7 Å². The van der Waals surface area contributed by atoms with Gasteiger partial charge in [0.1, 0.15) is 0 Å². The van der Waals surface area contributed by atoms with Gasteiger partial charge in [-0.25, -0.2) is 9.18 Å². The second kappa shape index (κ2) is 7.30. The highest BCUT2D eigenvalue weighted by Crippen LogP contribution is 2.34. The molecule has 2 amide bonds. The molecule has 0 radical (unpaired) electrons. The molecular formula is C13H16F4N2O3. The van der Waals surface area contributed by atoms with E-state index < -0.39 is 35.7 Å². The van der Waals surface area contributed by atoms with Crippen molar-refractivity contribution in [1.82, 2.24) is 10.6 Å². The van der Waals surface area contributed by atoms with Crippen LogP contribution in [0.2, 0.25) is 0 Å². The number of methoxy groups -OCH3 is 1. The van der Waals surface area contributed by atoms with Gasteiger partial charge < -0.3 is 20.5 Å². The van der Waals surface area contributed by atoms with Gasteiger partial charge in [0.2, 0.25) is 0 Å². The van der Waals surface area contributed by atoms with Crippen molar-refractivity contribution in [3.05, 3.63) is 29.6 Å². The fraction of sp³-hybridized carbons (Fsp3) is 0.462. The first-order chi connectivity index (χ1) is 10.1. The third kappa shape index (κ3) is 5.06. The molecule has 5 nitrogen and oxygen atoms in total. The molecule has 0 spiro atoms. The zero-order valence-electron chi connectivity index (χ0n) is 11.9. The van der Waals surface area contributed by atoms with Crippen LogP contribution in [0.15, 0.2) is 18.2 Å². The molecule has 1 rings (SSSR count). The molecule has 0 saturated heterocycles. The van der Waals surface area contributed by atoms with Crippen molar-refractivity contribution >= 4 is 6.03 Å². The van der Waals surface area contributed by atoms with Crippen LogP contribution < -0.4 is 15.4 Å². The van der Waals surface area contributed by atoms with Gasteiger partial charge in [0.15, 0.2) is 17.6 Å². The Morgan fingerprint density at radius 1 is 1.41 bits per heavy atom. The Bertz CT molecular complexity index is 520. The van der Waals surface area contributed by atoms with Crippen molar-refractivity contribution in [3.63, 3.8) is 0 Å². The van der Waals surface area contributed by atoms with Crippen LogP contribution in [0, 0.1) is 5.82 Å². The van der Waals surface area contributed by atoms with Crippen molar-refractivity contribution in [3.8, 4) is 5.75 Å². The lowest BCUT2D eigenvalue weighted by Gasteiger charge is -2.22. The molecule has 0 aromatic heterocycles. The number of carbonyl (C=O) groups is 1. The van der Waals surface area contributed by atoms with Gasteiger partial charge in [-0.2, -0.15) is 13.2 Å². The van der Waals surface area contributed by atoms with Gasteiger partial charge in [-0.1, -0.05) is 6.07 Å². The predicted octanol–water partition coefficient (Wildman–Crippen LogP) is 2.12. The third-order valence-corrected chi connectivity index (χ3v) is 2.67. The average Bonchev–Trinajstić information content (AvgIpc) is 2.41. The summed E-state index contributed by atoms with van der Waals surface area (Å²) >= 11 is 0. The summed E-state index contributed by atoms with van der Waals surface area (Å²) in [7, 11) is 1.18. The maximum atomic E-state index is 13.5. The number of benzene rings is 1. The number of alkyl halides is 3. The number of nitrogens with one attached hydrogen (secondary N) is 2. The van der Waals surface area contributed by atoms with E-state index in [9.17, 15) is 22.4 Å². The minimum absolute atomic E-state index is 0.205. The first-order valence-corrected chi connectivity index (χ1v) is 6.27. The van der Waals surface area contributed by atoms with Gasteiger partial charge in [-0.3, -0.25) is 0 Å². The number of aliphatic hydroxyl groups is 1. The molecule has 3 N–H and O–H groups in total. The van der Waals surface area contributed by atoms with Crippen molar-refractivity contribution in [1.29, 1.82) is 0 Å². The number of halogens is 4. The fourth-order valence-corrected chi connectivity index (χ4v) is 1.64. The Morgan fingerprint density at radius 3 is 2.50 bits per heavy atom. The summed E-state index contributed by atoms with van der Waals surface area (Å²) in [4.78, 5) is 11.4. The van der Waals surface area contributed by atoms with E-state index in [-0.39, 0.29) is 12.3 Å². The molecular weight excluding hydrogens is 308 g/mol. The van der Waals surface area contributed by atoms with E-state index in [2.05, 4.69) is 10.1 Å². The largest absolute Gasteiger partial charge is 0.494 e. The molecule has 1 aromatic carbocycles. The lowest BCUT2D eigenvalue weighted by Crippen LogP contribution is -2.45. The molecule has 0 unspecified atom stereocenters. The molecule has 2 atom stereocenters. The predicted molar refractivity (Wildman–Crippen MR) is 70.0 cm³/mol. The number of carbonyl (C=O) groups excluding carboxylic acids is 1. The number of aliphatic hydroxyl groups excluding tert-OH is 1. The first-order valence-electron chi connectivity index (χ1n) is 6.27. The Hall–Kier alpha value is -2.03. The molecule has 0 fully saturated rings. The van der Waals surface area contributed by atoms with Crippen molar-refractivity contribution in [2.45, 2.75) is 25.2 Å². The highest BCUT2D eigenvalue weighted by atomic mass is 19.4. The highest BCUT2D eigenvalue weighted by Gasteiger charge is 2.42. The van der Waals surface area contributed by atoms with Crippen molar-refractivity contribution < 1.29 is 32.2 Å². The summed E-state index contributed by atoms with van der Waals surface area (Å²) in [6, 6.07) is -0.818. The molecule has 0 saturated carbocycles. The van der Waals surface area contributed by atoms with Gasteiger partial charge in [0.05, 0.1) is 13.2 Å². The van der Waals surface area contributed by atoms with Gasteiger partial charge in [-0.05, 0) is 24.6 Å². The minimum Gasteiger partial charge on any atom is -0.494 e. The molecule has 124 valence electrons. The number of ether oxygens (including phenoxy) is 1. The number of rotatable bonds is 5. The normalized spacial score (nSPS) is 14.1. The Morgan fingerprint density at radius 2 is 2.05 bits per heavy atom. The second-order valence-corrected chi connectivity index (χ2v) is 4.57. The van der Waals surface area contributed by atoms with E-state index in [4.69, 9.17) is 5.11 Å². The molecule has 9 heteroatoms. The lowest BCUT2D eigenvalue weighted by atomic mass is 10.1. The summed E-state index contributed by atoms with van der Waals surface area (Å²) < 4.78 is 57.3. The van der Waals surface area contributed by atoms with Crippen LogP contribution >= 0.6 is 0 Å². The fourth-order valence-electron chi connectivity index (χ4n) is 1.64. The van der Waals surface area contributed by atoms with Crippen LogP contribution in [0.25, 0.3) is 0 Å². The molecule has 0 aliphatic rings. The van der Waals surface area contributed by atoms with Crippen LogP contribution in [0.3, 0.4) is 0 Å². The lowest BCUT2D eigenvalue weighted by molar-refractivity contribution is -0.155. The van der Waals surface area contributed by atoms with Gasteiger partial charge in [0, 0.05) is 6.54 Å². The topological polar surface area (TPSA) is 70.6 Å². The minimum atomic E-state index is -4.82. The number of hydrogen-bond donors (Lipinski definition) is 3. The van der Waals surface area contributed by atoms with Crippen LogP contribution in [0.4, 0.5) is 22.4 Å². The standard InChI is InChI=1S/C13H16F4N2O3/c1-7(20)6-18-12(21)19-11(13(15,16)17)8-3-4-10(22-2)9(14)5-8/h3-5,7,11,20H,6H2,1-2H3,(H2,18,19,21)/t7-,11-/m1/s1. The zero-order chi connectivity index (χ0) is 16.9. The van der Waals surface area contributed by atoms with Crippen LogP contribution in [-0.4, -0.2) is 37.1 Å². The zero-order valence-corrected chi connectivity index (χ0v) is 11.9. The Labute approximate surface area is 124 Å². The summed E-state index contributed by atoms with van der Waals surface area (Å²) in [5.74, 6) is -1.18. The molecule has 0 aliphatic carbocycles. The summed E-state index contributed by atoms with van der Waals surface area (Å²) in [6.07, 6.45) is -5.73. The molecule has 0 bridgehead atoms. The summed E-state index contributed by atoms with van der Waals surface area (Å²) in [5.41, 5.74) is -0.474. The van der Waals surface area contributed by atoms with Crippen LogP contribution in [-0.2, 0) is 0 Å². The molecule has 0 aliphatic heterocycles. The summed E-state index contributed by atoms with van der Waals surface area (Å²) in [5, 5.41) is 12.8. The smallest absolute Gasteiger partial charge is 0.412 e. The molecule has 1 aromatic rings.